The Labute approximate surface area is 166 Å². The molecule has 2 aliphatic carbocycles. The summed E-state index contributed by atoms with van der Waals surface area (Å²) in [5.41, 5.74) is 0. The van der Waals surface area contributed by atoms with Crippen LogP contribution in [0, 0.1) is 5.92 Å². The summed E-state index contributed by atoms with van der Waals surface area (Å²) in [6, 6.07) is 0. The van der Waals surface area contributed by atoms with Gasteiger partial charge in [0.15, 0.2) is 0 Å². The minimum atomic E-state index is -1.02. The molecule has 0 saturated heterocycles. The maximum Gasteiger partial charge on any atom is 0.211 e. The smallest absolute Gasteiger partial charge is 0.211 e. The molecule has 4 atom stereocenters. The second kappa shape index (κ2) is 7.04. The number of alkyl halides is 2. The van der Waals surface area contributed by atoms with Crippen LogP contribution in [0.4, 0.5) is 0 Å². The molecule has 22 heavy (non-hydrogen) atoms. The maximum absolute atomic E-state index is 11.0. The van der Waals surface area contributed by atoms with Crippen LogP contribution >= 0.6 is 63.7 Å². The van der Waals surface area contributed by atoms with Crippen LogP contribution < -0.4 is 0 Å². The maximum atomic E-state index is 11.0. The highest BCUT2D eigenvalue weighted by Gasteiger charge is 2.83. The first-order valence-electron chi connectivity index (χ1n) is 7.51. The summed E-state index contributed by atoms with van der Waals surface area (Å²) < 4.78 is 12.0. The Hall–Kier alpha value is 1.54. The molecule has 1 N–H and O–H groups in total. The summed E-state index contributed by atoms with van der Waals surface area (Å²) in [4.78, 5) is 0. The Balaban J connectivity index is 2.40. The van der Waals surface area contributed by atoms with Gasteiger partial charge >= 0.3 is 0 Å². The van der Waals surface area contributed by atoms with Gasteiger partial charge in [0.25, 0.3) is 0 Å². The molecule has 2 rings (SSSR count). The van der Waals surface area contributed by atoms with Crippen molar-refractivity contribution in [2.45, 2.75) is 59.6 Å². The van der Waals surface area contributed by atoms with E-state index < -0.39 is 20.5 Å². The van der Waals surface area contributed by atoms with Gasteiger partial charge in [-0.3, -0.25) is 0 Å². The molecule has 1 saturated carbocycles. The van der Waals surface area contributed by atoms with E-state index in [-0.39, 0.29) is 5.92 Å². The van der Waals surface area contributed by atoms with Crippen molar-refractivity contribution in [2.75, 3.05) is 14.2 Å². The molecule has 128 valence electrons. The summed E-state index contributed by atoms with van der Waals surface area (Å²) in [5.74, 6) is -1.04. The average molecular weight is 570 g/mol. The number of fused-ring (bicyclic) bond motifs is 2. The lowest BCUT2D eigenvalue weighted by molar-refractivity contribution is -0.216. The highest BCUT2D eigenvalue weighted by atomic mass is 79.9. The third-order valence-corrected chi connectivity index (χ3v) is 11.6. The predicted molar refractivity (Wildman–Crippen MR) is 103 cm³/mol. The van der Waals surface area contributed by atoms with Crippen LogP contribution in [0.15, 0.2) is 8.96 Å². The van der Waals surface area contributed by atoms with E-state index in [1.54, 1.807) is 14.2 Å². The van der Waals surface area contributed by atoms with Gasteiger partial charge < -0.3 is 14.6 Å². The molecular formula is C15H22Br4O3. The molecule has 0 aromatic carbocycles. The van der Waals surface area contributed by atoms with Crippen molar-refractivity contribution in [1.29, 1.82) is 0 Å². The molecule has 0 heterocycles. The number of hydrogen-bond acceptors (Lipinski definition) is 3. The molecule has 0 aliphatic heterocycles. The lowest BCUT2D eigenvalue weighted by Crippen LogP contribution is -2.57. The van der Waals surface area contributed by atoms with Crippen LogP contribution in [0.3, 0.4) is 0 Å². The minimum absolute atomic E-state index is 0.0145. The van der Waals surface area contributed by atoms with Crippen molar-refractivity contribution in [3.05, 3.63) is 8.96 Å². The molecule has 0 aromatic rings. The van der Waals surface area contributed by atoms with E-state index in [0.29, 0.717) is 0 Å². The van der Waals surface area contributed by atoms with Crippen molar-refractivity contribution < 1.29 is 14.6 Å². The Morgan fingerprint density at radius 1 is 1.00 bits per heavy atom. The van der Waals surface area contributed by atoms with Crippen molar-refractivity contribution >= 4 is 63.7 Å². The summed E-state index contributed by atoms with van der Waals surface area (Å²) >= 11 is 14.9. The fraction of sp³-hybridized carbons (Fsp3) is 0.867. The molecule has 0 amide bonds. The lowest BCUT2D eigenvalue weighted by atomic mass is 9.85. The molecule has 0 spiro atoms. The Bertz CT molecular complexity index is 466. The van der Waals surface area contributed by atoms with E-state index in [1.165, 1.54) is 19.3 Å². The molecule has 0 radical (unpaired) electrons. The van der Waals surface area contributed by atoms with Crippen LogP contribution in [-0.2, 0) is 9.47 Å². The van der Waals surface area contributed by atoms with E-state index in [1.807, 2.05) is 0 Å². The van der Waals surface area contributed by atoms with Gasteiger partial charge in [-0.1, -0.05) is 96.3 Å². The quantitative estimate of drug-likeness (QED) is 0.260. The van der Waals surface area contributed by atoms with Gasteiger partial charge in [0, 0.05) is 29.1 Å². The van der Waals surface area contributed by atoms with Crippen molar-refractivity contribution in [2.24, 2.45) is 5.92 Å². The van der Waals surface area contributed by atoms with Gasteiger partial charge in [0.2, 0.25) is 5.79 Å². The Morgan fingerprint density at radius 2 is 1.55 bits per heavy atom. The van der Waals surface area contributed by atoms with Crippen LogP contribution in [0.5, 0.6) is 0 Å². The molecule has 0 aromatic heterocycles. The first-order valence-corrected chi connectivity index (χ1v) is 10.7. The molecule has 1 fully saturated rings. The van der Waals surface area contributed by atoms with Crippen LogP contribution in [-0.4, -0.2) is 39.9 Å². The van der Waals surface area contributed by atoms with E-state index in [0.717, 1.165) is 21.8 Å². The van der Waals surface area contributed by atoms with Crippen LogP contribution in [0.1, 0.15) is 39.0 Å². The zero-order valence-electron chi connectivity index (χ0n) is 13.0. The third kappa shape index (κ3) is 2.25. The number of aliphatic hydroxyl groups is 1. The Kier molecular flexibility index (Phi) is 6.36. The number of ether oxygens (including phenoxy) is 2. The van der Waals surface area contributed by atoms with Crippen molar-refractivity contribution in [3.8, 4) is 0 Å². The van der Waals surface area contributed by atoms with Gasteiger partial charge in [0.1, 0.15) is 8.65 Å². The highest BCUT2D eigenvalue weighted by Crippen LogP contribution is 2.74. The zero-order chi connectivity index (χ0) is 16.8. The van der Waals surface area contributed by atoms with Gasteiger partial charge in [-0.15, -0.1) is 0 Å². The zero-order valence-corrected chi connectivity index (χ0v) is 19.3. The number of aliphatic hydroxyl groups excluding tert-OH is 1. The topological polar surface area (TPSA) is 38.7 Å². The standard InChI is InChI=1S/C15H22Br4O3/c1-4-5-6-7-8-9-12(20)14(19)11(17)10(16)13(9,18)15(14,21-2)22-3/h9,12,20H,4-8H2,1-3H3/t9-,12+,13-,14-/m1/s1. The highest BCUT2D eigenvalue weighted by molar-refractivity contribution is 9.16. The second-order valence-electron chi connectivity index (χ2n) is 5.98. The first-order chi connectivity index (χ1) is 10.3. The third-order valence-electron chi connectivity index (χ3n) is 5.03. The summed E-state index contributed by atoms with van der Waals surface area (Å²) in [6.45, 7) is 2.20. The largest absolute Gasteiger partial charge is 0.391 e. The van der Waals surface area contributed by atoms with E-state index >= 15 is 0 Å². The fourth-order valence-electron chi connectivity index (χ4n) is 3.92. The van der Waals surface area contributed by atoms with Crippen LogP contribution in [0.2, 0.25) is 0 Å². The van der Waals surface area contributed by atoms with E-state index in [4.69, 9.17) is 9.47 Å². The van der Waals surface area contributed by atoms with Crippen molar-refractivity contribution in [1.82, 2.24) is 0 Å². The normalized spacial score (nSPS) is 39.8. The number of unbranched alkanes of at least 4 members (excludes halogenated alkanes) is 3. The summed E-state index contributed by atoms with van der Waals surface area (Å²) in [5, 5.41) is 11.0. The number of methoxy groups -OCH3 is 2. The SMILES string of the molecule is CCCCCC[C@@H]1[C@H](O)[C@]2(Br)C(Br)=C(Br)[C@@]1(Br)C2(OC)OC. The predicted octanol–water partition coefficient (Wildman–Crippen LogP) is 5.22. The number of hydrogen-bond donors (Lipinski definition) is 1. The van der Waals surface area contributed by atoms with Gasteiger partial charge in [-0.05, 0) is 6.42 Å². The van der Waals surface area contributed by atoms with Crippen molar-refractivity contribution in [3.63, 3.8) is 0 Å². The first kappa shape index (κ1) is 19.9. The monoisotopic (exact) mass is 566 g/mol. The van der Waals surface area contributed by atoms with Gasteiger partial charge in [-0.25, -0.2) is 0 Å². The number of halogens is 4. The molecule has 2 aliphatic rings. The summed E-state index contributed by atoms with van der Waals surface area (Å²) in [7, 11) is 3.24. The minimum Gasteiger partial charge on any atom is -0.391 e. The van der Waals surface area contributed by atoms with Gasteiger partial charge in [0.05, 0.1) is 6.10 Å². The molecule has 3 nitrogen and oxygen atoms in total. The Morgan fingerprint density at radius 3 is 2.00 bits per heavy atom. The van der Waals surface area contributed by atoms with E-state index in [2.05, 4.69) is 70.6 Å². The molecule has 0 unspecified atom stereocenters. The van der Waals surface area contributed by atoms with E-state index in [9.17, 15) is 5.11 Å². The molecular weight excluding hydrogens is 548 g/mol. The summed E-state index contributed by atoms with van der Waals surface area (Å²) in [6.07, 6.45) is 4.95. The second-order valence-corrected chi connectivity index (χ2v) is 10.1. The molecule has 2 bridgehead atoms. The average Bonchev–Trinajstić information content (AvgIpc) is 2.74. The molecule has 7 heteroatoms. The number of rotatable bonds is 7. The van der Waals surface area contributed by atoms with Crippen LogP contribution in [0.25, 0.3) is 0 Å². The fourth-order valence-corrected chi connectivity index (χ4v) is 8.87. The lowest BCUT2D eigenvalue weighted by Gasteiger charge is -2.41. The van der Waals surface area contributed by atoms with Gasteiger partial charge in [-0.2, -0.15) is 0 Å².